The van der Waals surface area contributed by atoms with Gasteiger partial charge in [-0.1, -0.05) is 30.3 Å². The fraction of sp³-hybridized carbons (Fsp3) is 0.409. The van der Waals surface area contributed by atoms with E-state index in [1.54, 1.807) is 0 Å². The summed E-state index contributed by atoms with van der Waals surface area (Å²) in [5.74, 6) is -0.723. The van der Waals surface area contributed by atoms with Crippen molar-refractivity contribution in [2.24, 2.45) is 5.41 Å². The van der Waals surface area contributed by atoms with Crippen LogP contribution in [0.2, 0.25) is 0 Å². The number of pyridine rings is 1. The maximum atomic E-state index is 13.2. The average molecular weight is 417 g/mol. The van der Waals surface area contributed by atoms with Crippen molar-refractivity contribution in [3.63, 3.8) is 0 Å². The van der Waals surface area contributed by atoms with Crippen LogP contribution < -0.4 is 0 Å². The first-order valence-corrected chi connectivity index (χ1v) is 9.95. The van der Waals surface area contributed by atoms with Crippen molar-refractivity contribution < 1.29 is 22.8 Å². The lowest BCUT2D eigenvalue weighted by Gasteiger charge is -2.24. The summed E-state index contributed by atoms with van der Waals surface area (Å²) in [7, 11) is 0. The molecule has 2 fully saturated rings. The second kappa shape index (κ2) is 7.74. The summed E-state index contributed by atoms with van der Waals surface area (Å²) in [4.78, 5) is 32.4. The molecule has 158 valence electrons. The maximum Gasteiger partial charge on any atom is 0.434 e. The lowest BCUT2D eigenvalue weighted by Crippen LogP contribution is -2.39. The number of nitrogens with zero attached hydrogens (tertiary/aromatic N) is 3. The van der Waals surface area contributed by atoms with Gasteiger partial charge in [-0.3, -0.25) is 14.6 Å². The van der Waals surface area contributed by atoms with E-state index in [9.17, 15) is 22.8 Å². The van der Waals surface area contributed by atoms with Crippen molar-refractivity contribution in [2.45, 2.75) is 25.4 Å². The van der Waals surface area contributed by atoms with Gasteiger partial charge in [0, 0.05) is 32.4 Å². The Bertz CT molecular complexity index is 948. The van der Waals surface area contributed by atoms with Crippen molar-refractivity contribution >= 4 is 11.8 Å². The van der Waals surface area contributed by atoms with Crippen molar-refractivity contribution in [3.8, 4) is 0 Å². The molecule has 1 unspecified atom stereocenters. The molecular formula is C22H22F3N3O2. The van der Waals surface area contributed by atoms with E-state index in [1.165, 1.54) is 11.0 Å². The van der Waals surface area contributed by atoms with Gasteiger partial charge in [-0.2, -0.15) is 13.2 Å². The van der Waals surface area contributed by atoms with E-state index in [1.807, 2.05) is 35.2 Å². The third-order valence-electron chi connectivity index (χ3n) is 6.06. The van der Waals surface area contributed by atoms with Gasteiger partial charge in [-0.05, 0) is 37.0 Å². The van der Waals surface area contributed by atoms with Crippen LogP contribution in [0.15, 0.2) is 48.7 Å². The second-order valence-corrected chi connectivity index (χ2v) is 7.93. The van der Waals surface area contributed by atoms with Gasteiger partial charge < -0.3 is 9.80 Å². The van der Waals surface area contributed by atoms with E-state index in [0.29, 0.717) is 25.9 Å². The highest BCUT2D eigenvalue weighted by Gasteiger charge is 2.52. The number of aromatic nitrogens is 1. The molecule has 0 radical (unpaired) electrons. The summed E-state index contributed by atoms with van der Waals surface area (Å²) < 4.78 is 39.7. The number of alkyl halides is 3. The molecule has 0 saturated carbocycles. The number of hydrogen-bond acceptors (Lipinski definition) is 3. The molecule has 0 N–H and O–H groups in total. The number of likely N-dealkylation sites (tertiary alicyclic amines) is 2. The van der Waals surface area contributed by atoms with Gasteiger partial charge in [0.1, 0.15) is 0 Å². The quantitative estimate of drug-likeness (QED) is 0.766. The Labute approximate surface area is 172 Å². The summed E-state index contributed by atoms with van der Waals surface area (Å²) in [5, 5.41) is 0. The molecule has 3 heterocycles. The van der Waals surface area contributed by atoms with E-state index in [-0.39, 0.29) is 19.0 Å². The Kier molecular flexibility index (Phi) is 5.26. The molecule has 2 aliphatic heterocycles. The zero-order valence-corrected chi connectivity index (χ0v) is 16.4. The molecule has 2 amide bonds. The highest BCUT2D eigenvalue weighted by Crippen LogP contribution is 2.41. The minimum atomic E-state index is -4.71. The van der Waals surface area contributed by atoms with E-state index < -0.39 is 28.8 Å². The summed E-state index contributed by atoms with van der Waals surface area (Å²) >= 11 is 0. The van der Waals surface area contributed by atoms with Gasteiger partial charge in [0.2, 0.25) is 5.91 Å². The molecule has 2 saturated heterocycles. The van der Waals surface area contributed by atoms with E-state index in [4.69, 9.17) is 0 Å². The van der Waals surface area contributed by atoms with Crippen LogP contribution in [0.4, 0.5) is 13.2 Å². The Morgan fingerprint density at radius 3 is 2.53 bits per heavy atom. The summed E-state index contributed by atoms with van der Waals surface area (Å²) in [5.41, 5.74) is -1.19. The Hall–Kier alpha value is -2.90. The monoisotopic (exact) mass is 417 g/mol. The normalized spacial score (nSPS) is 21.6. The van der Waals surface area contributed by atoms with Crippen molar-refractivity contribution in [3.05, 3.63) is 65.5 Å². The third kappa shape index (κ3) is 3.78. The minimum absolute atomic E-state index is 0.00374. The number of carbonyl (C=O) groups excluding carboxylic acids is 2. The molecule has 2 aliphatic rings. The van der Waals surface area contributed by atoms with Gasteiger partial charge in [-0.15, -0.1) is 0 Å². The first kappa shape index (κ1) is 20.4. The molecule has 30 heavy (non-hydrogen) atoms. The Balaban J connectivity index is 1.44. The lowest BCUT2D eigenvalue weighted by molar-refractivity contribution is -0.141. The number of rotatable bonds is 4. The molecule has 4 rings (SSSR count). The fourth-order valence-corrected chi connectivity index (χ4v) is 4.41. The zero-order valence-electron chi connectivity index (χ0n) is 16.4. The zero-order chi connectivity index (χ0) is 21.4. The number of hydrogen-bond donors (Lipinski definition) is 0. The average Bonchev–Trinajstić information content (AvgIpc) is 3.31. The summed E-state index contributed by atoms with van der Waals surface area (Å²) in [6.45, 7) is 1.62. The van der Waals surface area contributed by atoms with Crippen LogP contribution in [0.3, 0.4) is 0 Å². The molecule has 8 heteroatoms. The van der Waals surface area contributed by atoms with Crippen LogP contribution in [-0.4, -0.2) is 52.8 Å². The van der Waals surface area contributed by atoms with E-state index >= 15 is 0 Å². The smallest absolute Gasteiger partial charge is 0.342 e. The first-order valence-electron chi connectivity index (χ1n) is 9.95. The predicted octanol–water partition coefficient (Wildman–Crippen LogP) is 3.41. The third-order valence-corrected chi connectivity index (χ3v) is 6.06. The molecule has 1 atom stereocenters. The van der Waals surface area contributed by atoms with Crippen LogP contribution in [-0.2, 0) is 17.4 Å². The maximum absolute atomic E-state index is 13.2. The van der Waals surface area contributed by atoms with Crippen LogP contribution in [0, 0.1) is 5.41 Å². The van der Waals surface area contributed by atoms with Crippen LogP contribution >= 0.6 is 0 Å². The lowest BCUT2D eigenvalue weighted by atomic mass is 9.85. The summed E-state index contributed by atoms with van der Waals surface area (Å²) in [6.07, 6.45) is -1.85. The van der Waals surface area contributed by atoms with E-state index in [0.717, 1.165) is 24.2 Å². The topological polar surface area (TPSA) is 53.5 Å². The van der Waals surface area contributed by atoms with Crippen LogP contribution in [0.1, 0.15) is 34.5 Å². The summed E-state index contributed by atoms with van der Waals surface area (Å²) in [6, 6.07) is 12.3. The molecule has 2 aromatic rings. The van der Waals surface area contributed by atoms with Crippen molar-refractivity contribution in [1.29, 1.82) is 0 Å². The van der Waals surface area contributed by atoms with Crippen LogP contribution in [0.5, 0.6) is 0 Å². The highest BCUT2D eigenvalue weighted by atomic mass is 19.4. The highest BCUT2D eigenvalue weighted by molar-refractivity contribution is 5.96. The predicted molar refractivity (Wildman–Crippen MR) is 104 cm³/mol. The number of halogens is 3. The van der Waals surface area contributed by atoms with Gasteiger partial charge in [0.15, 0.2) is 5.69 Å². The largest absolute Gasteiger partial charge is 0.434 e. The Morgan fingerprint density at radius 2 is 1.80 bits per heavy atom. The van der Waals surface area contributed by atoms with Crippen molar-refractivity contribution in [1.82, 2.24) is 14.8 Å². The molecule has 5 nitrogen and oxygen atoms in total. The standard InChI is InChI=1S/C22H22F3N3O2/c23-22(24,25)18-17(7-4-11-26-18)19(29)28-14-10-21(15-28)9-13-27(20(21)30)12-8-16-5-2-1-3-6-16/h1-7,11H,8-10,12-15H2. The van der Waals surface area contributed by atoms with Gasteiger partial charge >= 0.3 is 6.18 Å². The number of amides is 2. The molecule has 1 aromatic heterocycles. The fourth-order valence-electron chi connectivity index (χ4n) is 4.41. The van der Waals surface area contributed by atoms with Crippen molar-refractivity contribution in [2.75, 3.05) is 26.2 Å². The first-order chi connectivity index (χ1) is 14.3. The number of benzene rings is 1. The molecule has 1 aromatic carbocycles. The molecule has 0 bridgehead atoms. The second-order valence-electron chi connectivity index (χ2n) is 7.93. The molecular weight excluding hydrogens is 395 g/mol. The Morgan fingerprint density at radius 1 is 1.07 bits per heavy atom. The SMILES string of the molecule is O=C(c1cccnc1C(F)(F)F)N1CCC2(CCN(CCc3ccccc3)C2=O)C1. The number of carbonyl (C=O) groups is 2. The van der Waals surface area contributed by atoms with Gasteiger partial charge in [-0.25, -0.2) is 0 Å². The van der Waals surface area contributed by atoms with Crippen LogP contribution in [0.25, 0.3) is 0 Å². The minimum Gasteiger partial charge on any atom is -0.342 e. The van der Waals surface area contributed by atoms with E-state index in [2.05, 4.69) is 4.98 Å². The molecule has 0 aliphatic carbocycles. The molecule has 1 spiro atoms. The van der Waals surface area contributed by atoms with Gasteiger partial charge in [0.05, 0.1) is 11.0 Å². The van der Waals surface area contributed by atoms with Gasteiger partial charge in [0.25, 0.3) is 5.91 Å².